The second-order valence-electron chi connectivity index (χ2n) is 4.93. The molecule has 0 atom stereocenters. The average Bonchev–Trinajstić information content (AvgIpc) is 3.03. The van der Waals surface area contributed by atoms with Crippen LogP contribution in [-0.4, -0.2) is 19.6 Å². The van der Waals surface area contributed by atoms with Gasteiger partial charge in [-0.25, -0.2) is 9.50 Å². The Kier molecular flexibility index (Phi) is 3.28. The molecule has 0 saturated heterocycles. The highest BCUT2D eigenvalue weighted by Gasteiger charge is 2.09. The van der Waals surface area contributed by atoms with Crippen LogP contribution in [0.15, 0.2) is 46.9 Å². The summed E-state index contributed by atoms with van der Waals surface area (Å²) in [5.41, 5.74) is 3.02. The third-order valence-corrected chi connectivity index (χ3v) is 4.15. The molecule has 0 aliphatic rings. The Morgan fingerprint density at radius 3 is 2.77 bits per heavy atom. The molecule has 2 heterocycles. The summed E-state index contributed by atoms with van der Waals surface area (Å²) in [4.78, 5) is 8.95. The van der Waals surface area contributed by atoms with E-state index in [0.717, 1.165) is 26.1 Å². The van der Waals surface area contributed by atoms with Crippen molar-refractivity contribution in [1.29, 1.82) is 0 Å². The van der Waals surface area contributed by atoms with Crippen LogP contribution in [0.4, 0.5) is 5.95 Å². The van der Waals surface area contributed by atoms with E-state index in [1.165, 1.54) is 0 Å². The van der Waals surface area contributed by atoms with Crippen molar-refractivity contribution in [1.82, 2.24) is 19.6 Å². The summed E-state index contributed by atoms with van der Waals surface area (Å²) in [7, 11) is 0. The molecule has 0 fully saturated rings. The van der Waals surface area contributed by atoms with Gasteiger partial charge in [-0.15, -0.1) is 0 Å². The lowest BCUT2D eigenvalue weighted by atomic mass is 10.2. The zero-order chi connectivity index (χ0) is 15.1. The number of anilines is 1. The van der Waals surface area contributed by atoms with E-state index in [9.17, 15) is 0 Å². The number of benzene rings is 2. The molecule has 22 heavy (non-hydrogen) atoms. The van der Waals surface area contributed by atoms with E-state index in [-0.39, 0.29) is 0 Å². The Balaban J connectivity index is 1.61. The SMILES string of the molecule is Clc1ccc(CNc2nc3nc4cc(Br)ccc4n3[nH]2)cc1. The van der Waals surface area contributed by atoms with E-state index in [0.29, 0.717) is 18.3 Å². The minimum Gasteiger partial charge on any atom is -0.351 e. The van der Waals surface area contributed by atoms with Gasteiger partial charge in [0, 0.05) is 16.0 Å². The van der Waals surface area contributed by atoms with Gasteiger partial charge in [0.15, 0.2) is 0 Å². The lowest BCUT2D eigenvalue weighted by Crippen LogP contribution is -2.01. The molecule has 0 amide bonds. The number of nitrogens with zero attached hydrogens (tertiary/aromatic N) is 3. The molecule has 4 rings (SSSR count). The number of H-pyrrole nitrogens is 1. The molecule has 7 heteroatoms. The van der Waals surface area contributed by atoms with Crippen LogP contribution in [0.5, 0.6) is 0 Å². The summed E-state index contributed by atoms with van der Waals surface area (Å²) >= 11 is 9.33. The van der Waals surface area contributed by atoms with Crippen LogP contribution < -0.4 is 5.32 Å². The van der Waals surface area contributed by atoms with Crippen molar-refractivity contribution in [3.63, 3.8) is 0 Å². The molecule has 2 N–H and O–H groups in total. The van der Waals surface area contributed by atoms with Crippen molar-refractivity contribution >= 4 is 50.3 Å². The van der Waals surface area contributed by atoms with Gasteiger partial charge in [0.25, 0.3) is 5.78 Å². The molecule has 0 saturated carbocycles. The summed E-state index contributed by atoms with van der Waals surface area (Å²) < 4.78 is 2.87. The van der Waals surface area contributed by atoms with Crippen molar-refractivity contribution in [2.75, 3.05) is 5.32 Å². The molecule has 110 valence electrons. The molecular formula is C15H11BrClN5. The van der Waals surface area contributed by atoms with Gasteiger partial charge in [-0.1, -0.05) is 39.7 Å². The number of halogens is 2. The first-order valence-corrected chi connectivity index (χ1v) is 7.88. The van der Waals surface area contributed by atoms with Gasteiger partial charge in [-0.2, -0.15) is 4.98 Å². The highest BCUT2D eigenvalue weighted by atomic mass is 79.9. The molecule has 0 radical (unpaired) electrons. The van der Waals surface area contributed by atoms with Gasteiger partial charge >= 0.3 is 0 Å². The number of aromatic nitrogens is 4. The Hall–Kier alpha value is -2.05. The first kappa shape index (κ1) is 13.6. The fourth-order valence-electron chi connectivity index (χ4n) is 2.32. The van der Waals surface area contributed by atoms with Crippen LogP contribution in [0.2, 0.25) is 5.02 Å². The Bertz CT molecular complexity index is 957. The minimum atomic E-state index is 0.645. The maximum absolute atomic E-state index is 5.88. The molecule has 2 aromatic heterocycles. The van der Waals surface area contributed by atoms with Crippen LogP contribution in [0.1, 0.15) is 5.56 Å². The number of hydrogen-bond acceptors (Lipinski definition) is 3. The predicted octanol–water partition coefficient (Wildman–Crippen LogP) is 4.24. The maximum Gasteiger partial charge on any atom is 0.253 e. The lowest BCUT2D eigenvalue weighted by molar-refractivity contribution is 0.987. The quantitative estimate of drug-likeness (QED) is 0.562. The summed E-state index contributed by atoms with van der Waals surface area (Å²) in [5, 5.41) is 7.20. The van der Waals surface area contributed by atoms with Crippen LogP contribution in [0.3, 0.4) is 0 Å². The van der Waals surface area contributed by atoms with Gasteiger partial charge in [0.2, 0.25) is 5.95 Å². The summed E-state index contributed by atoms with van der Waals surface area (Å²) in [6.07, 6.45) is 0. The lowest BCUT2D eigenvalue weighted by Gasteiger charge is -2.02. The van der Waals surface area contributed by atoms with Crippen molar-refractivity contribution in [3.05, 3.63) is 57.5 Å². The number of nitrogens with one attached hydrogen (secondary N) is 2. The Morgan fingerprint density at radius 2 is 1.95 bits per heavy atom. The second-order valence-corrected chi connectivity index (χ2v) is 6.28. The fourth-order valence-corrected chi connectivity index (χ4v) is 2.80. The van der Waals surface area contributed by atoms with E-state index in [1.54, 1.807) is 0 Å². The van der Waals surface area contributed by atoms with Crippen molar-refractivity contribution < 1.29 is 0 Å². The van der Waals surface area contributed by atoms with Gasteiger partial charge in [0.05, 0.1) is 11.0 Å². The van der Waals surface area contributed by atoms with Gasteiger partial charge < -0.3 is 5.32 Å². The topological polar surface area (TPSA) is 58.0 Å². The Labute approximate surface area is 139 Å². The summed E-state index contributed by atoms with van der Waals surface area (Å²) in [5.74, 6) is 1.33. The fraction of sp³-hybridized carbons (Fsp3) is 0.0667. The number of aromatic amines is 1. The normalized spacial score (nSPS) is 11.4. The number of hydrogen-bond donors (Lipinski definition) is 2. The van der Waals surface area contributed by atoms with Crippen LogP contribution in [0, 0.1) is 0 Å². The smallest absolute Gasteiger partial charge is 0.253 e. The second kappa shape index (κ2) is 5.30. The van der Waals surface area contributed by atoms with Crippen LogP contribution in [0.25, 0.3) is 16.8 Å². The van der Waals surface area contributed by atoms with E-state index in [4.69, 9.17) is 11.6 Å². The Morgan fingerprint density at radius 1 is 1.14 bits per heavy atom. The summed E-state index contributed by atoms with van der Waals surface area (Å²) in [6, 6.07) is 13.7. The molecule has 0 spiro atoms. The van der Waals surface area contributed by atoms with Crippen molar-refractivity contribution in [2.24, 2.45) is 0 Å². The predicted molar refractivity (Wildman–Crippen MR) is 91.3 cm³/mol. The zero-order valence-corrected chi connectivity index (χ0v) is 13.7. The van der Waals surface area contributed by atoms with Crippen molar-refractivity contribution in [2.45, 2.75) is 6.54 Å². The van der Waals surface area contributed by atoms with Crippen LogP contribution >= 0.6 is 27.5 Å². The average molecular weight is 377 g/mol. The van der Waals surface area contributed by atoms with Crippen LogP contribution in [-0.2, 0) is 6.54 Å². The number of imidazole rings is 1. The van der Waals surface area contributed by atoms with Gasteiger partial charge in [0.1, 0.15) is 0 Å². The molecule has 5 nitrogen and oxygen atoms in total. The zero-order valence-electron chi connectivity index (χ0n) is 11.3. The highest BCUT2D eigenvalue weighted by molar-refractivity contribution is 9.10. The highest BCUT2D eigenvalue weighted by Crippen LogP contribution is 2.21. The largest absolute Gasteiger partial charge is 0.351 e. The standard InChI is InChI=1S/C15H11BrClN5/c16-10-3-6-13-12(7-10)19-15-20-14(21-22(13)15)18-8-9-1-4-11(17)5-2-9/h1-7H,8H2,(H2,18,19,20,21). The maximum atomic E-state index is 5.88. The van der Waals surface area contributed by atoms with Gasteiger partial charge in [-0.05, 0) is 35.9 Å². The van der Waals surface area contributed by atoms with E-state index in [2.05, 4.69) is 36.3 Å². The molecule has 4 aromatic rings. The molecular weight excluding hydrogens is 366 g/mol. The first-order valence-electron chi connectivity index (χ1n) is 6.71. The van der Waals surface area contributed by atoms with Gasteiger partial charge in [-0.3, -0.25) is 5.10 Å². The van der Waals surface area contributed by atoms with E-state index >= 15 is 0 Å². The number of rotatable bonds is 3. The molecule has 0 aliphatic heterocycles. The molecule has 0 bridgehead atoms. The first-order chi connectivity index (χ1) is 10.7. The third kappa shape index (κ3) is 2.44. The molecule has 0 unspecified atom stereocenters. The molecule has 2 aromatic carbocycles. The minimum absolute atomic E-state index is 0.645. The van der Waals surface area contributed by atoms with E-state index < -0.39 is 0 Å². The number of fused-ring (bicyclic) bond motifs is 3. The van der Waals surface area contributed by atoms with Crippen molar-refractivity contribution in [3.8, 4) is 0 Å². The summed E-state index contributed by atoms with van der Waals surface area (Å²) in [6.45, 7) is 0.664. The monoisotopic (exact) mass is 375 g/mol. The third-order valence-electron chi connectivity index (χ3n) is 3.40. The molecule has 0 aliphatic carbocycles. The van der Waals surface area contributed by atoms with E-state index in [1.807, 2.05) is 47.0 Å².